The maximum atomic E-state index is 10.9. The van der Waals surface area contributed by atoms with E-state index in [0.717, 1.165) is 0 Å². The van der Waals surface area contributed by atoms with Crippen LogP contribution in [0, 0.1) is 30.3 Å². The lowest BCUT2D eigenvalue weighted by molar-refractivity contribution is -0.385. The topological polar surface area (TPSA) is 157 Å². The molecule has 0 amide bonds. The normalized spacial score (nSPS) is 10.5. The average molecular weight is 531 g/mol. The highest BCUT2D eigenvalue weighted by Crippen LogP contribution is 2.39. The van der Waals surface area contributed by atoms with Crippen LogP contribution in [0.25, 0.3) is 0 Å². The molecule has 0 saturated carbocycles. The summed E-state index contributed by atoms with van der Waals surface area (Å²) in [6, 6.07) is 22.9. The minimum atomic E-state index is -0.490. The maximum absolute atomic E-state index is 10.9. The van der Waals surface area contributed by atoms with Crippen molar-refractivity contribution in [3.8, 4) is 17.2 Å². The van der Waals surface area contributed by atoms with Crippen molar-refractivity contribution in [2.24, 2.45) is 0 Å². The zero-order valence-electron chi connectivity index (χ0n) is 20.3. The minimum absolute atomic E-state index is 0.0347. The van der Waals surface area contributed by atoms with Gasteiger partial charge >= 0.3 is 0 Å². The van der Waals surface area contributed by atoms with Crippen LogP contribution in [0.15, 0.2) is 91.0 Å². The highest BCUT2D eigenvalue weighted by Gasteiger charge is 2.15. The number of para-hydroxylation sites is 1. The molecule has 0 unspecified atom stereocenters. The summed E-state index contributed by atoms with van der Waals surface area (Å²) >= 11 is 0. The Morgan fingerprint density at radius 2 is 0.769 bits per heavy atom. The number of hydrogen-bond acceptors (Lipinski definition) is 9. The molecule has 0 aliphatic rings. The van der Waals surface area contributed by atoms with Crippen molar-refractivity contribution in [1.29, 1.82) is 0 Å². The van der Waals surface area contributed by atoms with Crippen molar-refractivity contribution < 1.29 is 29.0 Å². The van der Waals surface area contributed by atoms with E-state index in [2.05, 4.69) is 0 Å². The largest absolute Gasteiger partial charge is 0.485 e. The molecule has 4 rings (SSSR count). The van der Waals surface area contributed by atoms with Gasteiger partial charge in [0.2, 0.25) is 5.75 Å². The molecule has 4 aromatic carbocycles. The van der Waals surface area contributed by atoms with Gasteiger partial charge < -0.3 is 14.2 Å². The lowest BCUT2D eigenvalue weighted by Crippen LogP contribution is -2.04. The molecule has 0 spiro atoms. The molecule has 4 aromatic rings. The number of benzene rings is 4. The van der Waals surface area contributed by atoms with Gasteiger partial charge in [-0.3, -0.25) is 30.3 Å². The molecule has 0 aliphatic carbocycles. The molecule has 0 atom stereocenters. The van der Waals surface area contributed by atoms with Crippen LogP contribution in [-0.2, 0) is 19.8 Å². The van der Waals surface area contributed by atoms with E-state index in [4.69, 9.17) is 14.2 Å². The third kappa shape index (κ3) is 7.04. The summed E-state index contributed by atoms with van der Waals surface area (Å²) in [5.41, 5.74) is 1.95. The van der Waals surface area contributed by atoms with Crippen LogP contribution in [-0.4, -0.2) is 14.8 Å². The van der Waals surface area contributed by atoms with E-state index < -0.39 is 14.8 Å². The average Bonchev–Trinajstić information content (AvgIpc) is 2.94. The standard InChI is InChI=1S/C27H21N3O9/c31-28(32)22-10-4-19(5-11-22)16-37-25-2-1-3-26(38-17-20-6-12-23(13-7-20)29(33)34)27(25)39-18-21-8-14-24(15-9-21)30(35)36/h1-15H,16-18H2. The lowest BCUT2D eigenvalue weighted by Gasteiger charge is -2.17. The number of hydrogen-bond donors (Lipinski definition) is 0. The molecular formula is C27H21N3O9. The lowest BCUT2D eigenvalue weighted by atomic mass is 10.2. The number of non-ortho nitro benzene ring substituents is 3. The smallest absolute Gasteiger partial charge is 0.269 e. The Kier molecular flexibility index (Phi) is 8.27. The second-order valence-corrected chi connectivity index (χ2v) is 8.22. The Morgan fingerprint density at radius 3 is 1.08 bits per heavy atom. The molecule has 0 bridgehead atoms. The molecule has 198 valence electrons. The molecule has 12 nitrogen and oxygen atoms in total. The van der Waals surface area contributed by atoms with Crippen LogP contribution in [0.5, 0.6) is 17.2 Å². The highest BCUT2D eigenvalue weighted by atomic mass is 16.6. The van der Waals surface area contributed by atoms with Gasteiger partial charge in [0.25, 0.3) is 17.1 Å². The van der Waals surface area contributed by atoms with E-state index in [9.17, 15) is 30.3 Å². The predicted molar refractivity (Wildman–Crippen MR) is 139 cm³/mol. The maximum Gasteiger partial charge on any atom is 0.269 e. The van der Waals surface area contributed by atoms with Crippen LogP contribution >= 0.6 is 0 Å². The zero-order chi connectivity index (χ0) is 27.8. The quantitative estimate of drug-likeness (QED) is 0.154. The fourth-order valence-corrected chi connectivity index (χ4v) is 3.48. The first kappa shape index (κ1) is 26.5. The Hall–Kier alpha value is -5.52. The molecular weight excluding hydrogens is 510 g/mol. The van der Waals surface area contributed by atoms with Crippen molar-refractivity contribution >= 4 is 17.1 Å². The molecule has 0 fully saturated rings. The number of nitro groups is 3. The number of rotatable bonds is 12. The summed E-state index contributed by atoms with van der Waals surface area (Å²) < 4.78 is 18.0. The van der Waals surface area contributed by atoms with Crippen molar-refractivity contribution in [3.05, 3.63) is 138 Å². The van der Waals surface area contributed by atoms with Gasteiger partial charge in [0.15, 0.2) is 11.5 Å². The van der Waals surface area contributed by atoms with Crippen molar-refractivity contribution in [1.82, 2.24) is 0 Å². The molecule has 12 heteroatoms. The fraction of sp³-hybridized carbons (Fsp3) is 0.111. The second kappa shape index (κ2) is 12.1. The van der Waals surface area contributed by atoms with Crippen molar-refractivity contribution in [2.75, 3.05) is 0 Å². The van der Waals surface area contributed by atoms with Gasteiger partial charge in [-0.1, -0.05) is 6.07 Å². The molecule has 0 saturated heterocycles. The summed E-state index contributed by atoms with van der Waals surface area (Å²) in [7, 11) is 0. The highest BCUT2D eigenvalue weighted by molar-refractivity contribution is 5.51. The SMILES string of the molecule is O=[N+]([O-])c1ccc(COc2cccc(OCc3ccc([N+](=O)[O-])cc3)c2OCc2ccc([N+](=O)[O-])cc2)cc1. The number of nitro benzene ring substituents is 3. The monoisotopic (exact) mass is 531 g/mol. The van der Waals surface area contributed by atoms with Crippen molar-refractivity contribution in [3.63, 3.8) is 0 Å². The van der Waals surface area contributed by atoms with Crippen molar-refractivity contribution in [2.45, 2.75) is 19.8 Å². The van der Waals surface area contributed by atoms with Gasteiger partial charge in [-0.25, -0.2) is 0 Å². The first-order valence-corrected chi connectivity index (χ1v) is 11.5. The van der Waals surface area contributed by atoms with Crippen LogP contribution in [0.2, 0.25) is 0 Å². The van der Waals surface area contributed by atoms with E-state index >= 15 is 0 Å². The van der Waals surface area contributed by atoms with Gasteiger partial charge in [-0.15, -0.1) is 0 Å². The molecule has 0 aliphatic heterocycles. The van der Waals surface area contributed by atoms with Gasteiger partial charge in [-0.2, -0.15) is 0 Å². The molecule has 0 heterocycles. The first-order chi connectivity index (χ1) is 18.8. The van der Waals surface area contributed by atoms with E-state index in [-0.39, 0.29) is 42.6 Å². The Labute approximate surface area is 221 Å². The molecule has 39 heavy (non-hydrogen) atoms. The fourth-order valence-electron chi connectivity index (χ4n) is 3.48. The number of ether oxygens (including phenoxy) is 3. The summed E-state index contributed by atoms with van der Waals surface area (Å²) in [6.45, 7) is 0.249. The van der Waals surface area contributed by atoms with Crippen LogP contribution in [0.3, 0.4) is 0 Å². The van der Waals surface area contributed by atoms with E-state index in [1.165, 1.54) is 36.4 Å². The van der Waals surface area contributed by atoms with Crippen LogP contribution < -0.4 is 14.2 Å². The van der Waals surface area contributed by atoms with Gasteiger partial charge in [0, 0.05) is 36.4 Å². The van der Waals surface area contributed by atoms with Gasteiger partial charge in [0.1, 0.15) is 19.8 Å². The molecule has 0 N–H and O–H groups in total. The Bertz CT molecular complexity index is 1390. The Morgan fingerprint density at radius 1 is 0.462 bits per heavy atom. The second-order valence-electron chi connectivity index (χ2n) is 8.22. The zero-order valence-corrected chi connectivity index (χ0v) is 20.3. The first-order valence-electron chi connectivity index (χ1n) is 11.5. The minimum Gasteiger partial charge on any atom is -0.485 e. The third-order valence-electron chi connectivity index (χ3n) is 5.56. The van der Waals surface area contributed by atoms with Gasteiger partial charge in [0.05, 0.1) is 14.8 Å². The number of nitrogens with zero attached hydrogens (tertiary/aromatic N) is 3. The third-order valence-corrected chi connectivity index (χ3v) is 5.56. The summed E-state index contributed by atoms with van der Waals surface area (Å²) in [4.78, 5) is 31.3. The Balaban J connectivity index is 1.53. The summed E-state index contributed by atoms with van der Waals surface area (Å²) in [5.74, 6) is 0.965. The molecule has 0 aromatic heterocycles. The van der Waals surface area contributed by atoms with Gasteiger partial charge in [-0.05, 0) is 65.2 Å². The predicted octanol–water partition coefficient (Wildman–Crippen LogP) is 6.15. The summed E-state index contributed by atoms with van der Waals surface area (Å²) in [6.07, 6.45) is 0. The summed E-state index contributed by atoms with van der Waals surface area (Å²) in [5, 5.41) is 32.7. The van der Waals surface area contributed by atoms with Crippen LogP contribution in [0.4, 0.5) is 17.1 Å². The molecule has 0 radical (unpaired) electrons. The van der Waals surface area contributed by atoms with E-state index in [0.29, 0.717) is 28.2 Å². The van der Waals surface area contributed by atoms with E-state index in [1.807, 2.05) is 0 Å². The van der Waals surface area contributed by atoms with E-state index in [1.54, 1.807) is 54.6 Å². The van der Waals surface area contributed by atoms with Crippen LogP contribution in [0.1, 0.15) is 16.7 Å².